The lowest BCUT2D eigenvalue weighted by Crippen LogP contribution is -2.05. The third kappa shape index (κ3) is 6.15. The van der Waals surface area contributed by atoms with Gasteiger partial charge in [-0.25, -0.2) is 4.79 Å². The minimum Gasteiger partial charge on any atom is -0.490 e. The predicted octanol–water partition coefficient (Wildman–Crippen LogP) is 6.70. The van der Waals surface area contributed by atoms with Gasteiger partial charge in [0.15, 0.2) is 11.5 Å². The van der Waals surface area contributed by atoms with Crippen LogP contribution in [0, 0.1) is 6.92 Å². The number of anilines is 1. The van der Waals surface area contributed by atoms with E-state index in [1.807, 2.05) is 44.2 Å². The topological polar surface area (TPSA) is 67.8 Å². The van der Waals surface area contributed by atoms with E-state index in [0.717, 1.165) is 15.6 Å². The molecule has 0 heterocycles. The average Bonchev–Trinajstić information content (AvgIpc) is 2.73. The second-order valence-electron chi connectivity index (χ2n) is 6.95. The molecule has 0 bridgehead atoms. The van der Waals surface area contributed by atoms with Crippen molar-refractivity contribution in [1.82, 2.24) is 0 Å². The Kier molecular flexibility index (Phi) is 7.82. The summed E-state index contributed by atoms with van der Waals surface area (Å²) in [5, 5.41) is 12.7. The Morgan fingerprint density at radius 3 is 2.58 bits per heavy atom. The third-order valence-electron chi connectivity index (χ3n) is 4.57. The quantitative estimate of drug-likeness (QED) is 0.339. The summed E-state index contributed by atoms with van der Waals surface area (Å²) >= 11 is 9.54. The minimum absolute atomic E-state index is 0.0561. The molecule has 0 atom stereocenters. The standard InChI is InChI=1S/C24H23BrClNO4/c1-3-30-22-10-17(13-27-18-7-8-21(26)19(11-18)24(28)29)20(25)12-23(22)31-14-16-6-4-5-15(2)9-16/h4-12,27H,3,13-14H2,1-2H3,(H,28,29). The third-order valence-corrected chi connectivity index (χ3v) is 5.64. The molecule has 2 N–H and O–H groups in total. The lowest BCUT2D eigenvalue weighted by molar-refractivity contribution is 0.0697. The monoisotopic (exact) mass is 503 g/mol. The van der Waals surface area contributed by atoms with Crippen LogP contribution in [-0.2, 0) is 13.2 Å². The van der Waals surface area contributed by atoms with Gasteiger partial charge in [0.25, 0.3) is 0 Å². The summed E-state index contributed by atoms with van der Waals surface area (Å²) in [6.45, 7) is 5.38. The van der Waals surface area contributed by atoms with Crippen molar-refractivity contribution in [2.75, 3.05) is 11.9 Å². The summed E-state index contributed by atoms with van der Waals surface area (Å²) < 4.78 is 12.7. The van der Waals surface area contributed by atoms with Crippen LogP contribution < -0.4 is 14.8 Å². The van der Waals surface area contributed by atoms with Crippen LogP contribution in [0.1, 0.15) is 34.0 Å². The first-order valence-electron chi connectivity index (χ1n) is 9.77. The molecule has 0 aliphatic carbocycles. The number of ether oxygens (including phenoxy) is 2. The van der Waals surface area contributed by atoms with E-state index in [0.29, 0.717) is 36.9 Å². The normalized spacial score (nSPS) is 10.6. The van der Waals surface area contributed by atoms with E-state index in [1.165, 1.54) is 11.6 Å². The van der Waals surface area contributed by atoms with Crippen LogP contribution in [0.4, 0.5) is 5.69 Å². The highest BCUT2D eigenvalue weighted by molar-refractivity contribution is 9.10. The highest BCUT2D eigenvalue weighted by atomic mass is 79.9. The molecule has 162 valence electrons. The zero-order chi connectivity index (χ0) is 22.4. The highest BCUT2D eigenvalue weighted by Crippen LogP contribution is 2.35. The lowest BCUT2D eigenvalue weighted by atomic mass is 10.1. The number of halogens is 2. The van der Waals surface area contributed by atoms with Crippen LogP contribution in [0.15, 0.2) is 59.1 Å². The van der Waals surface area contributed by atoms with Crippen molar-refractivity contribution in [3.63, 3.8) is 0 Å². The number of aryl methyl sites for hydroxylation is 1. The van der Waals surface area contributed by atoms with Gasteiger partial charge in [0, 0.05) is 16.7 Å². The molecule has 7 heteroatoms. The van der Waals surface area contributed by atoms with Gasteiger partial charge in [-0.15, -0.1) is 0 Å². The summed E-state index contributed by atoms with van der Waals surface area (Å²) in [5.74, 6) is 0.236. The van der Waals surface area contributed by atoms with Crippen LogP contribution in [0.25, 0.3) is 0 Å². The first-order chi connectivity index (χ1) is 14.9. The predicted molar refractivity (Wildman–Crippen MR) is 127 cm³/mol. The molecule has 0 unspecified atom stereocenters. The summed E-state index contributed by atoms with van der Waals surface area (Å²) in [7, 11) is 0. The number of carbonyl (C=O) groups is 1. The maximum Gasteiger partial charge on any atom is 0.337 e. The van der Waals surface area contributed by atoms with Gasteiger partial charge in [0.05, 0.1) is 17.2 Å². The van der Waals surface area contributed by atoms with Crippen LogP contribution in [0.5, 0.6) is 11.5 Å². The zero-order valence-electron chi connectivity index (χ0n) is 17.2. The molecule has 5 nitrogen and oxygen atoms in total. The van der Waals surface area contributed by atoms with Gasteiger partial charge in [0.1, 0.15) is 6.61 Å². The largest absolute Gasteiger partial charge is 0.490 e. The number of aromatic carboxylic acids is 1. The van der Waals surface area contributed by atoms with E-state index >= 15 is 0 Å². The first kappa shape index (κ1) is 23.0. The van der Waals surface area contributed by atoms with E-state index < -0.39 is 5.97 Å². The fourth-order valence-electron chi connectivity index (χ4n) is 3.05. The van der Waals surface area contributed by atoms with Crippen molar-refractivity contribution >= 4 is 39.2 Å². The molecular formula is C24H23BrClNO4. The van der Waals surface area contributed by atoms with E-state index in [9.17, 15) is 9.90 Å². The molecule has 3 aromatic carbocycles. The maximum absolute atomic E-state index is 11.3. The van der Waals surface area contributed by atoms with Gasteiger partial charge in [-0.2, -0.15) is 0 Å². The molecule has 0 radical (unpaired) electrons. The zero-order valence-corrected chi connectivity index (χ0v) is 19.6. The maximum atomic E-state index is 11.3. The second kappa shape index (κ2) is 10.6. The number of rotatable bonds is 9. The Morgan fingerprint density at radius 1 is 1.10 bits per heavy atom. The number of carboxylic acids is 1. The summed E-state index contributed by atoms with van der Waals surface area (Å²) in [5.41, 5.74) is 3.92. The summed E-state index contributed by atoms with van der Waals surface area (Å²) in [6, 6.07) is 16.8. The number of hydrogen-bond donors (Lipinski definition) is 2. The van der Waals surface area contributed by atoms with Gasteiger partial charge < -0.3 is 19.9 Å². The van der Waals surface area contributed by atoms with Crippen LogP contribution in [-0.4, -0.2) is 17.7 Å². The molecule has 0 aliphatic rings. The van der Waals surface area contributed by atoms with E-state index in [4.69, 9.17) is 21.1 Å². The highest BCUT2D eigenvalue weighted by Gasteiger charge is 2.13. The number of benzene rings is 3. The Balaban J connectivity index is 1.76. The molecular weight excluding hydrogens is 482 g/mol. The molecule has 0 aromatic heterocycles. The summed E-state index contributed by atoms with van der Waals surface area (Å²) in [4.78, 5) is 11.3. The minimum atomic E-state index is -1.07. The van der Waals surface area contributed by atoms with Crippen molar-refractivity contribution in [2.24, 2.45) is 0 Å². The molecule has 3 aromatic rings. The van der Waals surface area contributed by atoms with Gasteiger partial charge >= 0.3 is 5.97 Å². The molecule has 0 spiro atoms. The lowest BCUT2D eigenvalue weighted by Gasteiger charge is -2.16. The number of carboxylic acid groups (broad SMARTS) is 1. The van der Waals surface area contributed by atoms with E-state index in [1.54, 1.807) is 12.1 Å². The Morgan fingerprint density at radius 2 is 1.87 bits per heavy atom. The van der Waals surface area contributed by atoms with Crippen LogP contribution >= 0.6 is 27.5 Å². The molecule has 0 saturated carbocycles. The van der Waals surface area contributed by atoms with E-state index in [2.05, 4.69) is 27.3 Å². The number of nitrogens with one attached hydrogen (secondary N) is 1. The average molecular weight is 505 g/mol. The van der Waals surface area contributed by atoms with Gasteiger partial charge in [-0.1, -0.05) is 57.4 Å². The van der Waals surface area contributed by atoms with E-state index in [-0.39, 0.29) is 10.6 Å². The molecule has 0 fully saturated rings. The van der Waals surface area contributed by atoms with Crippen LogP contribution in [0.3, 0.4) is 0 Å². The fraction of sp³-hybridized carbons (Fsp3) is 0.208. The van der Waals surface area contributed by atoms with Gasteiger partial charge in [0.2, 0.25) is 0 Å². The SMILES string of the molecule is CCOc1cc(CNc2ccc(Cl)c(C(=O)O)c2)c(Br)cc1OCc1cccc(C)c1. The second-order valence-corrected chi connectivity index (χ2v) is 8.22. The van der Waals surface area contributed by atoms with Crippen molar-refractivity contribution in [3.8, 4) is 11.5 Å². The van der Waals surface area contributed by atoms with Crippen LogP contribution in [0.2, 0.25) is 5.02 Å². The molecule has 0 aliphatic heterocycles. The molecule has 3 rings (SSSR count). The Bertz CT molecular complexity index is 1090. The smallest absolute Gasteiger partial charge is 0.337 e. The van der Waals surface area contributed by atoms with Crippen molar-refractivity contribution in [3.05, 3.63) is 86.3 Å². The summed E-state index contributed by atoms with van der Waals surface area (Å²) in [6.07, 6.45) is 0. The van der Waals surface area contributed by atoms with Gasteiger partial charge in [-0.3, -0.25) is 0 Å². The van der Waals surface area contributed by atoms with Crippen molar-refractivity contribution < 1.29 is 19.4 Å². The number of hydrogen-bond acceptors (Lipinski definition) is 4. The molecule has 0 amide bonds. The Labute approximate surface area is 195 Å². The Hall–Kier alpha value is -2.70. The molecule has 31 heavy (non-hydrogen) atoms. The first-order valence-corrected chi connectivity index (χ1v) is 10.9. The van der Waals surface area contributed by atoms with Crippen molar-refractivity contribution in [2.45, 2.75) is 27.0 Å². The fourth-order valence-corrected chi connectivity index (χ4v) is 3.71. The van der Waals surface area contributed by atoms with Crippen molar-refractivity contribution in [1.29, 1.82) is 0 Å². The van der Waals surface area contributed by atoms with Gasteiger partial charge in [-0.05, 0) is 55.3 Å². The molecule has 0 saturated heterocycles.